The van der Waals surface area contributed by atoms with E-state index in [1.54, 1.807) is 24.0 Å². The molecule has 1 unspecified atom stereocenters. The summed E-state index contributed by atoms with van der Waals surface area (Å²) in [6.45, 7) is 2.65. The summed E-state index contributed by atoms with van der Waals surface area (Å²) >= 11 is 6.79. The molecule has 8 nitrogen and oxygen atoms in total. The molecule has 1 aliphatic heterocycles. The van der Waals surface area contributed by atoms with Gasteiger partial charge >= 0.3 is 0 Å². The number of hydrogen-bond donors (Lipinski definition) is 2. The maximum atomic E-state index is 12.6. The number of anilines is 1. The van der Waals surface area contributed by atoms with E-state index >= 15 is 0 Å². The van der Waals surface area contributed by atoms with Crippen LogP contribution in [0.3, 0.4) is 0 Å². The molecule has 0 aliphatic carbocycles. The molecule has 1 amide bonds. The molecule has 1 atom stereocenters. The van der Waals surface area contributed by atoms with Gasteiger partial charge in [0.2, 0.25) is 11.0 Å². The fraction of sp³-hybridized carbons (Fsp3) is 0.438. The molecule has 1 saturated heterocycles. The highest BCUT2D eigenvalue weighted by Crippen LogP contribution is 2.26. The van der Waals surface area contributed by atoms with Gasteiger partial charge in [0.25, 0.3) is 15.9 Å². The number of aliphatic hydroxyl groups excluding tert-OH is 1. The van der Waals surface area contributed by atoms with Gasteiger partial charge in [0.05, 0.1) is 4.90 Å². The van der Waals surface area contributed by atoms with Gasteiger partial charge in [-0.3, -0.25) is 9.52 Å². The van der Waals surface area contributed by atoms with Gasteiger partial charge in [-0.15, -0.1) is 0 Å². The molecule has 2 N–H and O–H groups in total. The van der Waals surface area contributed by atoms with E-state index in [-0.39, 0.29) is 34.3 Å². The summed E-state index contributed by atoms with van der Waals surface area (Å²) in [5.41, 5.74) is 0.427. The Kier molecular flexibility index (Phi) is 5.99. The number of halogens is 1. The number of benzene rings is 1. The smallest absolute Gasteiger partial charge is 0.292 e. The maximum Gasteiger partial charge on any atom is 0.292 e. The number of rotatable bonds is 5. The molecule has 0 radical (unpaired) electrons. The molecule has 3 rings (SSSR count). The van der Waals surface area contributed by atoms with Crippen molar-refractivity contribution in [2.24, 2.45) is 5.92 Å². The first kappa shape index (κ1) is 20.0. The predicted octanol–water partition coefficient (Wildman–Crippen LogP) is 2.15. The summed E-state index contributed by atoms with van der Waals surface area (Å²) in [5, 5.41) is 9.64. The third kappa shape index (κ3) is 4.40. The highest BCUT2D eigenvalue weighted by molar-refractivity contribution is 7.93. The second-order valence-electron chi connectivity index (χ2n) is 6.33. The minimum atomic E-state index is -3.90. The van der Waals surface area contributed by atoms with Crippen LogP contribution in [0.4, 0.5) is 5.13 Å². The SMILES string of the molecule is Cc1c(Cl)cccc1S(=O)(=O)Nc1nc(C(=O)N2CCCC(CO)C2)ns1. The Morgan fingerprint density at radius 2 is 2.26 bits per heavy atom. The summed E-state index contributed by atoms with van der Waals surface area (Å²) in [4.78, 5) is 18.2. The van der Waals surface area contributed by atoms with Gasteiger partial charge in [-0.05, 0) is 43.4 Å². The molecular formula is C16H19ClN4O4S2. The van der Waals surface area contributed by atoms with E-state index in [4.69, 9.17) is 11.6 Å². The normalized spacial score (nSPS) is 17.7. The van der Waals surface area contributed by atoms with Crippen molar-refractivity contribution in [1.82, 2.24) is 14.3 Å². The topological polar surface area (TPSA) is 112 Å². The van der Waals surface area contributed by atoms with Gasteiger partial charge in [0, 0.05) is 36.3 Å². The lowest BCUT2D eigenvalue weighted by atomic mass is 9.99. The van der Waals surface area contributed by atoms with Gasteiger partial charge in [-0.25, -0.2) is 8.42 Å². The first-order valence-corrected chi connectivity index (χ1v) is 11.0. The van der Waals surface area contributed by atoms with Crippen molar-refractivity contribution in [2.45, 2.75) is 24.7 Å². The Morgan fingerprint density at radius 1 is 1.48 bits per heavy atom. The van der Waals surface area contributed by atoms with Crippen LogP contribution in [0, 0.1) is 12.8 Å². The van der Waals surface area contributed by atoms with Gasteiger partial charge < -0.3 is 10.0 Å². The Morgan fingerprint density at radius 3 is 3.00 bits per heavy atom. The molecule has 1 aromatic carbocycles. The van der Waals surface area contributed by atoms with E-state index in [0.29, 0.717) is 23.7 Å². The van der Waals surface area contributed by atoms with Gasteiger partial charge in [0.15, 0.2) is 0 Å². The molecule has 2 heterocycles. The quantitative estimate of drug-likeness (QED) is 0.751. The second-order valence-corrected chi connectivity index (χ2v) is 9.14. The van der Waals surface area contributed by atoms with Crippen LogP contribution in [-0.4, -0.2) is 53.4 Å². The zero-order valence-corrected chi connectivity index (χ0v) is 16.9. The molecule has 146 valence electrons. The summed E-state index contributed by atoms with van der Waals surface area (Å²) in [6, 6.07) is 4.60. The number of amides is 1. The van der Waals surface area contributed by atoms with Crippen molar-refractivity contribution >= 4 is 44.2 Å². The third-order valence-electron chi connectivity index (χ3n) is 4.41. The van der Waals surface area contributed by atoms with Crippen LogP contribution in [0.2, 0.25) is 5.02 Å². The maximum absolute atomic E-state index is 12.6. The molecule has 0 saturated carbocycles. The number of aliphatic hydroxyl groups is 1. The van der Waals surface area contributed by atoms with E-state index < -0.39 is 10.0 Å². The van der Waals surface area contributed by atoms with Crippen LogP contribution in [-0.2, 0) is 10.0 Å². The van der Waals surface area contributed by atoms with Crippen molar-refractivity contribution in [3.63, 3.8) is 0 Å². The Bertz CT molecular complexity index is 948. The fourth-order valence-electron chi connectivity index (χ4n) is 2.94. The predicted molar refractivity (Wildman–Crippen MR) is 103 cm³/mol. The number of carbonyl (C=O) groups is 1. The average molecular weight is 431 g/mol. The van der Waals surface area contributed by atoms with E-state index in [1.807, 2.05) is 0 Å². The third-order valence-corrected chi connectivity index (χ3v) is 7.06. The van der Waals surface area contributed by atoms with Crippen LogP contribution >= 0.6 is 23.1 Å². The molecule has 1 aromatic heterocycles. The lowest BCUT2D eigenvalue weighted by molar-refractivity contribution is 0.0610. The minimum Gasteiger partial charge on any atom is -0.396 e. The molecule has 1 aliphatic rings. The fourth-order valence-corrected chi connectivity index (χ4v) is 5.22. The standard InChI is InChI=1S/C16H19ClN4O4S2/c1-10-12(17)5-2-6-13(10)27(24,25)20-16-18-14(19-26-16)15(23)21-7-3-4-11(8-21)9-22/h2,5-6,11,22H,3-4,7-9H2,1H3,(H,18,19,20). The Hall–Kier alpha value is -1.75. The molecule has 0 spiro atoms. The number of piperidine rings is 1. The second kappa shape index (κ2) is 8.09. The number of nitrogens with zero attached hydrogens (tertiary/aromatic N) is 3. The van der Waals surface area contributed by atoms with Gasteiger partial charge in [-0.1, -0.05) is 17.7 Å². The van der Waals surface area contributed by atoms with Crippen molar-refractivity contribution < 1.29 is 18.3 Å². The summed E-state index contributed by atoms with van der Waals surface area (Å²) in [6.07, 6.45) is 1.67. The summed E-state index contributed by atoms with van der Waals surface area (Å²) < 4.78 is 31.5. The molecule has 2 aromatic rings. The van der Waals surface area contributed by atoms with Crippen molar-refractivity contribution in [3.8, 4) is 0 Å². The molecular weight excluding hydrogens is 412 g/mol. The monoisotopic (exact) mass is 430 g/mol. The van der Waals surface area contributed by atoms with Crippen LogP contribution in [0.5, 0.6) is 0 Å². The highest BCUT2D eigenvalue weighted by Gasteiger charge is 2.27. The minimum absolute atomic E-state index is 0.00782. The Balaban J connectivity index is 1.76. The van der Waals surface area contributed by atoms with Crippen LogP contribution in [0.1, 0.15) is 29.0 Å². The van der Waals surface area contributed by atoms with Crippen LogP contribution in [0.25, 0.3) is 0 Å². The molecule has 1 fully saturated rings. The number of aromatic nitrogens is 2. The average Bonchev–Trinajstić information content (AvgIpc) is 3.11. The largest absolute Gasteiger partial charge is 0.396 e. The van der Waals surface area contributed by atoms with E-state index in [1.165, 1.54) is 6.07 Å². The first-order chi connectivity index (χ1) is 12.8. The number of likely N-dealkylation sites (tertiary alicyclic amines) is 1. The number of hydrogen-bond acceptors (Lipinski definition) is 7. The van der Waals surface area contributed by atoms with Crippen LogP contribution in [0.15, 0.2) is 23.1 Å². The van der Waals surface area contributed by atoms with Crippen molar-refractivity contribution in [2.75, 3.05) is 24.4 Å². The van der Waals surface area contributed by atoms with E-state index in [0.717, 1.165) is 24.4 Å². The van der Waals surface area contributed by atoms with E-state index in [9.17, 15) is 18.3 Å². The van der Waals surface area contributed by atoms with E-state index in [2.05, 4.69) is 14.1 Å². The zero-order chi connectivity index (χ0) is 19.6. The summed E-state index contributed by atoms with van der Waals surface area (Å²) in [7, 11) is -3.90. The summed E-state index contributed by atoms with van der Waals surface area (Å²) in [5.74, 6) is -0.377. The van der Waals surface area contributed by atoms with Crippen molar-refractivity contribution in [1.29, 1.82) is 0 Å². The van der Waals surface area contributed by atoms with Gasteiger partial charge in [0.1, 0.15) is 0 Å². The molecule has 0 bridgehead atoms. The molecule has 27 heavy (non-hydrogen) atoms. The van der Waals surface area contributed by atoms with Crippen LogP contribution < -0.4 is 4.72 Å². The number of sulfonamides is 1. The highest BCUT2D eigenvalue weighted by atomic mass is 35.5. The number of nitrogens with one attached hydrogen (secondary N) is 1. The molecule has 11 heteroatoms. The number of carbonyl (C=O) groups excluding carboxylic acids is 1. The van der Waals surface area contributed by atoms with Crippen molar-refractivity contribution in [3.05, 3.63) is 34.6 Å². The Labute approximate surface area is 166 Å². The lowest BCUT2D eigenvalue weighted by Crippen LogP contribution is -2.41. The van der Waals surface area contributed by atoms with Gasteiger partial charge in [-0.2, -0.15) is 9.36 Å². The first-order valence-electron chi connectivity index (χ1n) is 8.33. The lowest BCUT2D eigenvalue weighted by Gasteiger charge is -2.30. The zero-order valence-electron chi connectivity index (χ0n) is 14.6.